The molecule has 2 aliphatic rings. The minimum Gasteiger partial charge on any atom is -0.507 e. The average molecular weight is 359 g/mol. The lowest BCUT2D eigenvalue weighted by Gasteiger charge is -2.41. The van der Waals surface area contributed by atoms with Gasteiger partial charge in [0.25, 0.3) is 0 Å². The highest BCUT2D eigenvalue weighted by atomic mass is 16.3. The van der Waals surface area contributed by atoms with E-state index in [0.717, 1.165) is 24.0 Å². The van der Waals surface area contributed by atoms with Gasteiger partial charge in [0.2, 0.25) is 5.91 Å². The number of hydrogen-bond acceptors (Lipinski definition) is 3. The number of benzene rings is 1. The summed E-state index contributed by atoms with van der Waals surface area (Å²) in [5.74, 6) is 0.249. The first-order chi connectivity index (χ1) is 12.0. The standard InChI is InChI=1S/C22H34N2O2/c1-21(2,3)14-12-11-13(19(25)17(14)22(4,5)6)18-20(26)24-16-10-8-7-9-15(16)23-18/h11-12,15-16,18,23,25H,7-10H2,1-6H3,(H,24,26). The van der Waals surface area contributed by atoms with E-state index < -0.39 is 6.04 Å². The van der Waals surface area contributed by atoms with Gasteiger partial charge in [-0.1, -0.05) is 66.5 Å². The van der Waals surface area contributed by atoms with Gasteiger partial charge in [0.05, 0.1) is 0 Å². The van der Waals surface area contributed by atoms with Crippen molar-refractivity contribution in [3.8, 4) is 5.75 Å². The lowest BCUT2D eigenvalue weighted by Crippen LogP contribution is -2.61. The summed E-state index contributed by atoms with van der Waals surface area (Å²) in [6, 6.07) is 4.07. The zero-order valence-electron chi connectivity index (χ0n) is 17.1. The summed E-state index contributed by atoms with van der Waals surface area (Å²) < 4.78 is 0. The second-order valence-corrected chi connectivity index (χ2v) is 10.0. The lowest BCUT2D eigenvalue weighted by atomic mass is 9.73. The van der Waals surface area contributed by atoms with Crippen molar-refractivity contribution in [1.29, 1.82) is 0 Å². The van der Waals surface area contributed by atoms with Crippen LogP contribution in [-0.4, -0.2) is 23.1 Å². The van der Waals surface area contributed by atoms with Gasteiger partial charge in [0.1, 0.15) is 11.8 Å². The maximum atomic E-state index is 12.8. The minimum atomic E-state index is -0.482. The van der Waals surface area contributed by atoms with Crippen molar-refractivity contribution in [3.63, 3.8) is 0 Å². The van der Waals surface area contributed by atoms with Crippen LogP contribution in [0.4, 0.5) is 0 Å². The van der Waals surface area contributed by atoms with Crippen molar-refractivity contribution < 1.29 is 9.90 Å². The molecule has 3 unspecified atom stereocenters. The van der Waals surface area contributed by atoms with Crippen LogP contribution in [0.1, 0.15) is 90.0 Å². The molecule has 1 aromatic carbocycles. The largest absolute Gasteiger partial charge is 0.507 e. The van der Waals surface area contributed by atoms with E-state index in [9.17, 15) is 9.90 Å². The highest BCUT2D eigenvalue weighted by Gasteiger charge is 2.39. The number of fused-ring (bicyclic) bond motifs is 1. The third-order valence-electron chi connectivity index (χ3n) is 5.81. The molecule has 4 nitrogen and oxygen atoms in total. The molecular weight excluding hydrogens is 324 g/mol. The summed E-state index contributed by atoms with van der Waals surface area (Å²) in [4.78, 5) is 12.8. The number of phenolic OH excluding ortho intramolecular Hbond substituents is 1. The Morgan fingerprint density at radius 2 is 1.58 bits per heavy atom. The van der Waals surface area contributed by atoms with Gasteiger partial charge < -0.3 is 10.4 Å². The van der Waals surface area contributed by atoms with Gasteiger partial charge in [-0.2, -0.15) is 0 Å². The van der Waals surface area contributed by atoms with Crippen LogP contribution in [0.2, 0.25) is 0 Å². The Balaban J connectivity index is 2.04. The molecule has 0 bridgehead atoms. The van der Waals surface area contributed by atoms with Crippen LogP contribution in [0.15, 0.2) is 12.1 Å². The Bertz CT molecular complexity index is 697. The number of carbonyl (C=O) groups excluding carboxylic acids is 1. The summed E-state index contributed by atoms with van der Waals surface area (Å²) in [5, 5.41) is 17.9. The van der Waals surface area contributed by atoms with Gasteiger partial charge in [-0.15, -0.1) is 0 Å². The molecule has 1 aromatic rings. The molecule has 1 aliphatic carbocycles. The molecule has 1 saturated carbocycles. The normalized spacial score (nSPS) is 27.0. The fourth-order valence-electron chi connectivity index (χ4n) is 4.51. The number of rotatable bonds is 1. The fraction of sp³-hybridized carbons (Fsp3) is 0.682. The van der Waals surface area contributed by atoms with E-state index in [-0.39, 0.29) is 28.5 Å². The van der Waals surface area contributed by atoms with E-state index >= 15 is 0 Å². The van der Waals surface area contributed by atoms with Crippen LogP contribution in [0.5, 0.6) is 5.75 Å². The van der Waals surface area contributed by atoms with E-state index in [1.165, 1.54) is 12.8 Å². The number of carbonyl (C=O) groups is 1. The van der Waals surface area contributed by atoms with Crippen molar-refractivity contribution >= 4 is 5.91 Å². The first kappa shape index (κ1) is 19.2. The number of phenols is 1. The van der Waals surface area contributed by atoms with Crippen molar-refractivity contribution in [2.24, 2.45) is 0 Å². The Labute approximate surface area is 157 Å². The molecule has 0 spiro atoms. The molecule has 1 saturated heterocycles. The van der Waals surface area contributed by atoms with Crippen molar-refractivity contribution in [2.45, 2.75) is 96.2 Å². The van der Waals surface area contributed by atoms with Crippen LogP contribution < -0.4 is 10.6 Å². The second-order valence-electron chi connectivity index (χ2n) is 10.0. The number of amides is 1. The monoisotopic (exact) mass is 358 g/mol. The van der Waals surface area contributed by atoms with E-state index in [1.807, 2.05) is 6.07 Å². The topological polar surface area (TPSA) is 61.4 Å². The SMILES string of the molecule is CC(C)(C)c1ccc(C2NC3CCCCC3NC2=O)c(O)c1C(C)(C)C. The van der Waals surface area contributed by atoms with Crippen molar-refractivity contribution in [2.75, 3.05) is 0 Å². The molecule has 26 heavy (non-hydrogen) atoms. The van der Waals surface area contributed by atoms with Crippen LogP contribution >= 0.6 is 0 Å². The van der Waals surface area contributed by atoms with Gasteiger partial charge >= 0.3 is 0 Å². The summed E-state index contributed by atoms with van der Waals surface area (Å²) in [5.41, 5.74) is 2.50. The minimum absolute atomic E-state index is 0.0215. The first-order valence-electron chi connectivity index (χ1n) is 9.93. The molecule has 0 aromatic heterocycles. The molecule has 4 heteroatoms. The van der Waals surface area contributed by atoms with Crippen LogP contribution in [0.25, 0.3) is 0 Å². The highest BCUT2D eigenvalue weighted by molar-refractivity contribution is 5.85. The number of nitrogens with one attached hydrogen (secondary N) is 2. The number of hydrogen-bond donors (Lipinski definition) is 3. The molecule has 3 atom stereocenters. The molecule has 3 rings (SSSR count). The predicted molar refractivity (Wildman–Crippen MR) is 106 cm³/mol. The fourth-order valence-corrected chi connectivity index (χ4v) is 4.51. The van der Waals surface area contributed by atoms with Crippen molar-refractivity contribution in [3.05, 3.63) is 28.8 Å². The maximum Gasteiger partial charge on any atom is 0.242 e. The highest BCUT2D eigenvalue weighted by Crippen LogP contribution is 2.43. The zero-order valence-corrected chi connectivity index (χ0v) is 17.1. The van der Waals surface area contributed by atoms with Crippen LogP contribution in [0, 0.1) is 0 Å². The number of piperazine rings is 1. The Kier molecular flexibility index (Phi) is 4.85. The second kappa shape index (κ2) is 6.56. The molecule has 144 valence electrons. The first-order valence-corrected chi connectivity index (χ1v) is 9.93. The van der Waals surface area contributed by atoms with Gasteiger partial charge in [0.15, 0.2) is 0 Å². The van der Waals surface area contributed by atoms with Gasteiger partial charge in [-0.05, 0) is 29.2 Å². The smallest absolute Gasteiger partial charge is 0.242 e. The van der Waals surface area contributed by atoms with E-state index in [4.69, 9.17) is 0 Å². The molecule has 0 radical (unpaired) electrons. The Morgan fingerprint density at radius 3 is 2.15 bits per heavy atom. The molecule has 3 N–H and O–H groups in total. The lowest BCUT2D eigenvalue weighted by molar-refractivity contribution is -0.127. The summed E-state index contributed by atoms with van der Waals surface area (Å²) in [6.45, 7) is 12.8. The predicted octanol–water partition coefficient (Wildman–Crippen LogP) is 4.06. The van der Waals surface area contributed by atoms with Crippen LogP contribution in [-0.2, 0) is 15.6 Å². The quantitative estimate of drug-likeness (QED) is 0.709. The third-order valence-corrected chi connectivity index (χ3v) is 5.81. The maximum absolute atomic E-state index is 12.8. The van der Waals surface area contributed by atoms with E-state index in [1.54, 1.807) is 0 Å². The Hall–Kier alpha value is -1.55. The zero-order chi connectivity index (χ0) is 19.3. The van der Waals surface area contributed by atoms with Gasteiger partial charge in [0, 0.05) is 23.2 Å². The van der Waals surface area contributed by atoms with Gasteiger partial charge in [-0.3, -0.25) is 10.1 Å². The number of aromatic hydroxyl groups is 1. The average Bonchev–Trinajstić information content (AvgIpc) is 2.52. The third kappa shape index (κ3) is 3.48. The Morgan fingerprint density at radius 1 is 0.962 bits per heavy atom. The van der Waals surface area contributed by atoms with Gasteiger partial charge in [-0.25, -0.2) is 0 Å². The van der Waals surface area contributed by atoms with Crippen molar-refractivity contribution in [1.82, 2.24) is 10.6 Å². The summed E-state index contributed by atoms with van der Waals surface area (Å²) in [7, 11) is 0. The molecule has 1 heterocycles. The molecule has 2 fully saturated rings. The molecule has 1 aliphatic heterocycles. The molecule has 1 amide bonds. The molecular formula is C22H34N2O2. The van der Waals surface area contributed by atoms with E-state index in [2.05, 4.69) is 58.2 Å². The van der Waals surface area contributed by atoms with E-state index in [0.29, 0.717) is 11.6 Å². The summed E-state index contributed by atoms with van der Waals surface area (Å²) >= 11 is 0. The van der Waals surface area contributed by atoms with Crippen LogP contribution in [0.3, 0.4) is 0 Å². The summed E-state index contributed by atoms with van der Waals surface area (Å²) in [6.07, 6.45) is 4.49.